The minimum atomic E-state index is 0.751. The van der Waals surface area contributed by atoms with Crippen molar-refractivity contribution in [3.8, 4) is 0 Å². The van der Waals surface area contributed by atoms with Gasteiger partial charge in [0.1, 0.15) is 11.5 Å². The Kier molecular flexibility index (Phi) is 5.64. The minimum absolute atomic E-state index is 0.751. The highest BCUT2D eigenvalue weighted by Crippen LogP contribution is 2.21. The van der Waals surface area contributed by atoms with Gasteiger partial charge in [0.2, 0.25) is 0 Å². The molecule has 0 atom stereocenters. The molecule has 0 radical (unpaired) electrons. The van der Waals surface area contributed by atoms with Gasteiger partial charge in [0.25, 0.3) is 0 Å². The fourth-order valence-corrected chi connectivity index (χ4v) is 2.38. The second-order valence-corrected chi connectivity index (χ2v) is 6.34. The molecule has 0 aromatic carbocycles. The molecule has 1 N–H and O–H groups in total. The fraction of sp³-hybridized carbons (Fsp3) is 0.750. The number of aryl methyl sites for hydroxylation is 1. The minimum Gasteiger partial charge on any atom is -0.465 e. The first-order chi connectivity index (χ1) is 9.54. The van der Waals surface area contributed by atoms with Crippen LogP contribution in [0.2, 0.25) is 0 Å². The quantitative estimate of drug-likeness (QED) is 0.751. The maximum Gasteiger partial charge on any atom is 0.118 e. The van der Waals surface area contributed by atoms with Crippen molar-refractivity contribution in [3.05, 3.63) is 23.2 Å². The first kappa shape index (κ1) is 15.5. The average Bonchev–Trinajstić information content (AvgIpc) is 3.11. The van der Waals surface area contributed by atoms with E-state index in [-0.39, 0.29) is 0 Å². The SMILES string of the molecule is Cc1oc(CN(C)CCCN(C)C)cc1CNC1CC1. The first-order valence-electron chi connectivity index (χ1n) is 7.69. The summed E-state index contributed by atoms with van der Waals surface area (Å²) in [6, 6.07) is 2.97. The third-order valence-corrected chi connectivity index (χ3v) is 3.80. The van der Waals surface area contributed by atoms with Gasteiger partial charge < -0.3 is 14.6 Å². The lowest BCUT2D eigenvalue weighted by Gasteiger charge is -2.16. The van der Waals surface area contributed by atoms with Gasteiger partial charge in [-0.05, 0) is 66.5 Å². The molecule has 1 aliphatic rings. The highest BCUT2D eigenvalue weighted by atomic mass is 16.3. The largest absolute Gasteiger partial charge is 0.465 e. The predicted octanol–water partition coefficient (Wildman–Crippen LogP) is 2.22. The van der Waals surface area contributed by atoms with E-state index in [0.717, 1.165) is 43.7 Å². The van der Waals surface area contributed by atoms with Gasteiger partial charge in [0.05, 0.1) is 6.54 Å². The Morgan fingerprint density at radius 2 is 2.00 bits per heavy atom. The topological polar surface area (TPSA) is 31.7 Å². The zero-order chi connectivity index (χ0) is 14.5. The van der Waals surface area contributed by atoms with Gasteiger partial charge >= 0.3 is 0 Å². The lowest BCUT2D eigenvalue weighted by atomic mass is 10.2. The molecule has 0 amide bonds. The smallest absolute Gasteiger partial charge is 0.118 e. The molecule has 20 heavy (non-hydrogen) atoms. The molecule has 1 aromatic rings. The zero-order valence-electron chi connectivity index (χ0n) is 13.4. The van der Waals surface area contributed by atoms with E-state index in [1.807, 2.05) is 0 Å². The number of rotatable bonds is 9. The van der Waals surface area contributed by atoms with E-state index in [1.54, 1.807) is 0 Å². The van der Waals surface area contributed by atoms with Crippen LogP contribution < -0.4 is 5.32 Å². The molecule has 1 aromatic heterocycles. The van der Waals surface area contributed by atoms with Crippen LogP contribution in [0.3, 0.4) is 0 Å². The highest BCUT2D eigenvalue weighted by molar-refractivity contribution is 5.21. The van der Waals surface area contributed by atoms with Crippen LogP contribution in [0, 0.1) is 6.92 Å². The molecule has 2 rings (SSSR count). The number of nitrogens with zero attached hydrogens (tertiary/aromatic N) is 2. The van der Waals surface area contributed by atoms with E-state index in [0.29, 0.717) is 0 Å². The molecule has 0 bridgehead atoms. The monoisotopic (exact) mass is 279 g/mol. The van der Waals surface area contributed by atoms with Gasteiger partial charge in [0, 0.05) is 18.2 Å². The van der Waals surface area contributed by atoms with Gasteiger partial charge in [0.15, 0.2) is 0 Å². The number of nitrogens with one attached hydrogen (secondary N) is 1. The summed E-state index contributed by atoms with van der Waals surface area (Å²) in [5.74, 6) is 2.15. The second kappa shape index (κ2) is 7.25. The van der Waals surface area contributed by atoms with Gasteiger partial charge in [-0.15, -0.1) is 0 Å². The number of hydrogen-bond acceptors (Lipinski definition) is 4. The molecule has 1 aliphatic carbocycles. The van der Waals surface area contributed by atoms with E-state index < -0.39 is 0 Å². The Bertz CT molecular complexity index is 410. The standard InChI is InChI=1S/C16H29N3O/c1-13-14(11-17-15-6-7-15)10-16(20-13)12-19(4)9-5-8-18(2)3/h10,15,17H,5-9,11-12H2,1-4H3. The number of furan rings is 1. The van der Waals surface area contributed by atoms with E-state index in [2.05, 4.69) is 49.2 Å². The van der Waals surface area contributed by atoms with Crippen molar-refractivity contribution < 1.29 is 4.42 Å². The van der Waals surface area contributed by atoms with Crippen LogP contribution in [0.15, 0.2) is 10.5 Å². The van der Waals surface area contributed by atoms with Gasteiger partial charge in [-0.3, -0.25) is 4.90 Å². The normalized spacial score (nSPS) is 15.5. The molecular weight excluding hydrogens is 250 g/mol. The zero-order valence-corrected chi connectivity index (χ0v) is 13.4. The Morgan fingerprint density at radius 1 is 1.25 bits per heavy atom. The van der Waals surface area contributed by atoms with Crippen molar-refractivity contribution in [2.45, 2.75) is 45.3 Å². The maximum absolute atomic E-state index is 5.87. The highest BCUT2D eigenvalue weighted by Gasteiger charge is 2.21. The van der Waals surface area contributed by atoms with E-state index >= 15 is 0 Å². The molecule has 1 fully saturated rings. The molecule has 0 spiro atoms. The molecular formula is C16H29N3O. The van der Waals surface area contributed by atoms with Crippen molar-refractivity contribution in [3.63, 3.8) is 0 Å². The average molecular weight is 279 g/mol. The molecule has 0 saturated heterocycles. The predicted molar refractivity (Wildman–Crippen MR) is 82.8 cm³/mol. The van der Waals surface area contributed by atoms with Crippen LogP contribution in [-0.2, 0) is 13.1 Å². The van der Waals surface area contributed by atoms with Crippen molar-refractivity contribution >= 4 is 0 Å². The van der Waals surface area contributed by atoms with Crippen molar-refractivity contribution in [2.24, 2.45) is 0 Å². The van der Waals surface area contributed by atoms with Crippen molar-refractivity contribution in [2.75, 3.05) is 34.2 Å². The van der Waals surface area contributed by atoms with E-state index in [4.69, 9.17) is 4.42 Å². The van der Waals surface area contributed by atoms with Crippen LogP contribution in [-0.4, -0.2) is 50.1 Å². The van der Waals surface area contributed by atoms with Crippen LogP contribution in [0.25, 0.3) is 0 Å². The number of hydrogen-bond donors (Lipinski definition) is 1. The van der Waals surface area contributed by atoms with E-state index in [1.165, 1.54) is 24.8 Å². The van der Waals surface area contributed by atoms with Crippen LogP contribution in [0.1, 0.15) is 36.3 Å². The second-order valence-electron chi connectivity index (χ2n) is 6.34. The third kappa shape index (κ3) is 5.27. The maximum atomic E-state index is 5.87. The molecule has 1 heterocycles. The molecule has 4 nitrogen and oxygen atoms in total. The molecule has 0 aliphatic heterocycles. The lowest BCUT2D eigenvalue weighted by molar-refractivity contribution is 0.271. The Morgan fingerprint density at radius 3 is 2.65 bits per heavy atom. The summed E-state index contributed by atoms with van der Waals surface area (Å²) in [5.41, 5.74) is 1.31. The Balaban J connectivity index is 1.75. The summed E-state index contributed by atoms with van der Waals surface area (Å²) in [6.07, 6.45) is 3.86. The summed E-state index contributed by atoms with van der Waals surface area (Å²) in [6.45, 7) is 6.16. The van der Waals surface area contributed by atoms with E-state index in [9.17, 15) is 0 Å². The summed E-state index contributed by atoms with van der Waals surface area (Å²) >= 11 is 0. The van der Waals surface area contributed by atoms with Crippen LogP contribution in [0.5, 0.6) is 0 Å². The van der Waals surface area contributed by atoms with Crippen molar-refractivity contribution in [1.82, 2.24) is 15.1 Å². The Hall–Kier alpha value is -0.840. The van der Waals surface area contributed by atoms with Crippen molar-refractivity contribution in [1.29, 1.82) is 0 Å². The van der Waals surface area contributed by atoms with Gasteiger partial charge in [-0.2, -0.15) is 0 Å². The molecule has 4 heteroatoms. The molecule has 114 valence electrons. The summed E-state index contributed by atoms with van der Waals surface area (Å²) in [4.78, 5) is 4.56. The Labute approximate surface area is 123 Å². The van der Waals surface area contributed by atoms with Crippen LogP contribution >= 0.6 is 0 Å². The first-order valence-corrected chi connectivity index (χ1v) is 7.69. The van der Waals surface area contributed by atoms with Gasteiger partial charge in [-0.25, -0.2) is 0 Å². The summed E-state index contributed by atoms with van der Waals surface area (Å²) in [7, 11) is 6.40. The lowest BCUT2D eigenvalue weighted by Crippen LogP contribution is -2.23. The fourth-order valence-electron chi connectivity index (χ4n) is 2.38. The van der Waals surface area contributed by atoms with Crippen LogP contribution in [0.4, 0.5) is 0 Å². The van der Waals surface area contributed by atoms with Gasteiger partial charge in [-0.1, -0.05) is 0 Å². The summed E-state index contributed by atoms with van der Waals surface area (Å²) in [5, 5.41) is 3.55. The third-order valence-electron chi connectivity index (χ3n) is 3.80. The summed E-state index contributed by atoms with van der Waals surface area (Å²) < 4.78 is 5.87. The molecule has 1 saturated carbocycles. The molecule has 0 unspecified atom stereocenters.